The van der Waals surface area contributed by atoms with Crippen LogP contribution < -0.4 is 5.32 Å². The van der Waals surface area contributed by atoms with Crippen LogP contribution in [0.5, 0.6) is 0 Å². The fraction of sp³-hybridized carbons (Fsp3) is 0.846. The van der Waals surface area contributed by atoms with E-state index in [9.17, 15) is 0 Å². The first-order valence-electron chi connectivity index (χ1n) is 6.56. The van der Waals surface area contributed by atoms with E-state index in [4.69, 9.17) is 4.52 Å². The number of hydrogen-bond acceptors (Lipinski definition) is 4. The van der Waals surface area contributed by atoms with Crippen molar-refractivity contribution in [3.8, 4) is 0 Å². The summed E-state index contributed by atoms with van der Waals surface area (Å²) in [7, 11) is 0. The van der Waals surface area contributed by atoms with Gasteiger partial charge in [0.05, 0.1) is 0 Å². The van der Waals surface area contributed by atoms with E-state index in [0.717, 1.165) is 11.7 Å². The molecule has 1 N–H and O–H groups in total. The lowest BCUT2D eigenvalue weighted by molar-refractivity contribution is 0.328. The molecule has 0 unspecified atom stereocenters. The number of hydrogen-bond donors (Lipinski definition) is 1. The van der Waals surface area contributed by atoms with Gasteiger partial charge in [0.25, 0.3) is 0 Å². The van der Waals surface area contributed by atoms with Crippen molar-refractivity contribution >= 4 is 6.01 Å². The van der Waals surface area contributed by atoms with Crippen molar-refractivity contribution in [1.29, 1.82) is 0 Å². The summed E-state index contributed by atoms with van der Waals surface area (Å²) in [6.07, 6.45) is 4.94. The first-order valence-corrected chi connectivity index (χ1v) is 6.56. The standard InChI is InChI=1S/C13H23N3O/c1-9-5-7-10(8-6-9)11-14-12(17-16-11)15-13(2,3)4/h9-10H,5-8H2,1-4H3,(H,14,15,16). The first kappa shape index (κ1) is 12.4. The zero-order chi connectivity index (χ0) is 12.5. The minimum atomic E-state index is -0.0368. The van der Waals surface area contributed by atoms with Crippen LogP contribution in [0.15, 0.2) is 4.52 Å². The molecular weight excluding hydrogens is 214 g/mol. The van der Waals surface area contributed by atoms with Crippen LogP contribution in [0, 0.1) is 5.92 Å². The first-order chi connectivity index (χ1) is 7.94. The van der Waals surface area contributed by atoms with E-state index < -0.39 is 0 Å². The van der Waals surface area contributed by atoms with Gasteiger partial charge in [0.2, 0.25) is 0 Å². The number of anilines is 1. The Morgan fingerprint density at radius 1 is 1.18 bits per heavy atom. The highest BCUT2D eigenvalue weighted by atomic mass is 16.5. The maximum atomic E-state index is 5.25. The molecule has 0 aromatic carbocycles. The summed E-state index contributed by atoms with van der Waals surface area (Å²) < 4.78 is 5.25. The Hall–Kier alpha value is -1.06. The monoisotopic (exact) mass is 237 g/mol. The second-order valence-electron chi connectivity index (χ2n) is 6.29. The smallest absolute Gasteiger partial charge is 0.321 e. The molecule has 1 heterocycles. The highest BCUT2D eigenvalue weighted by molar-refractivity contribution is 5.23. The molecule has 1 aliphatic rings. The lowest BCUT2D eigenvalue weighted by Gasteiger charge is -2.23. The Labute approximate surface area is 103 Å². The van der Waals surface area contributed by atoms with Gasteiger partial charge in [-0.1, -0.05) is 24.9 Å². The molecule has 4 nitrogen and oxygen atoms in total. The molecule has 96 valence electrons. The molecule has 4 heteroatoms. The average molecular weight is 237 g/mol. The van der Waals surface area contributed by atoms with Gasteiger partial charge in [-0.25, -0.2) is 0 Å². The van der Waals surface area contributed by atoms with Crippen LogP contribution in [0.3, 0.4) is 0 Å². The zero-order valence-corrected chi connectivity index (χ0v) is 11.3. The quantitative estimate of drug-likeness (QED) is 0.854. The Morgan fingerprint density at radius 3 is 2.41 bits per heavy atom. The van der Waals surface area contributed by atoms with Crippen molar-refractivity contribution in [1.82, 2.24) is 10.1 Å². The van der Waals surface area contributed by atoms with Gasteiger partial charge in [-0.3, -0.25) is 0 Å². The number of aromatic nitrogens is 2. The summed E-state index contributed by atoms with van der Waals surface area (Å²) in [4.78, 5) is 4.46. The maximum absolute atomic E-state index is 5.25. The van der Waals surface area contributed by atoms with Crippen molar-refractivity contribution in [3.63, 3.8) is 0 Å². The molecule has 0 spiro atoms. The van der Waals surface area contributed by atoms with Crippen molar-refractivity contribution in [2.24, 2.45) is 5.92 Å². The number of nitrogens with one attached hydrogen (secondary N) is 1. The summed E-state index contributed by atoms with van der Waals surface area (Å²) in [5, 5.41) is 7.31. The third kappa shape index (κ3) is 3.45. The summed E-state index contributed by atoms with van der Waals surface area (Å²) in [6.45, 7) is 8.57. The van der Waals surface area contributed by atoms with E-state index in [2.05, 4.69) is 43.2 Å². The molecule has 1 aromatic rings. The second-order valence-corrected chi connectivity index (χ2v) is 6.29. The summed E-state index contributed by atoms with van der Waals surface area (Å²) >= 11 is 0. The summed E-state index contributed by atoms with van der Waals surface area (Å²) in [5.41, 5.74) is -0.0368. The minimum Gasteiger partial charge on any atom is -0.333 e. The third-order valence-electron chi connectivity index (χ3n) is 3.30. The van der Waals surface area contributed by atoms with Gasteiger partial charge >= 0.3 is 6.01 Å². The molecule has 17 heavy (non-hydrogen) atoms. The highest BCUT2D eigenvalue weighted by Crippen LogP contribution is 2.34. The molecule has 0 saturated heterocycles. The largest absolute Gasteiger partial charge is 0.333 e. The van der Waals surface area contributed by atoms with Gasteiger partial charge < -0.3 is 9.84 Å². The van der Waals surface area contributed by atoms with E-state index in [0.29, 0.717) is 11.9 Å². The lowest BCUT2D eigenvalue weighted by atomic mass is 9.83. The van der Waals surface area contributed by atoms with Crippen molar-refractivity contribution in [3.05, 3.63) is 5.82 Å². The molecule has 0 radical (unpaired) electrons. The van der Waals surface area contributed by atoms with Crippen LogP contribution in [0.25, 0.3) is 0 Å². The Kier molecular flexibility index (Phi) is 3.40. The predicted molar refractivity (Wildman–Crippen MR) is 68.0 cm³/mol. The van der Waals surface area contributed by atoms with Crippen LogP contribution in [-0.4, -0.2) is 15.7 Å². The minimum absolute atomic E-state index is 0.0368. The zero-order valence-electron chi connectivity index (χ0n) is 11.3. The number of rotatable bonds is 2. The van der Waals surface area contributed by atoms with Crippen molar-refractivity contribution in [2.45, 2.75) is 64.8 Å². The molecule has 0 bridgehead atoms. The van der Waals surface area contributed by atoms with E-state index in [1.807, 2.05) is 0 Å². The Morgan fingerprint density at radius 2 is 1.82 bits per heavy atom. The molecule has 1 fully saturated rings. The van der Waals surface area contributed by atoms with E-state index in [1.54, 1.807) is 0 Å². The third-order valence-corrected chi connectivity index (χ3v) is 3.30. The normalized spacial score (nSPS) is 25.9. The van der Waals surface area contributed by atoms with E-state index in [-0.39, 0.29) is 5.54 Å². The van der Waals surface area contributed by atoms with Gasteiger partial charge in [-0.15, -0.1) is 0 Å². The summed E-state index contributed by atoms with van der Waals surface area (Å²) in [5.74, 6) is 2.22. The molecule has 1 saturated carbocycles. The topological polar surface area (TPSA) is 51.0 Å². The predicted octanol–water partition coefficient (Wildman–Crippen LogP) is 3.57. The SMILES string of the molecule is CC1CCC(c2noc(NC(C)(C)C)n2)CC1. The average Bonchev–Trinajstić information content (AvgIpc) is 2.64. The molecule has 0 aliphatic heterocycles. The Bertz CT molecular complexity index is 359. The second kappa shape index (κ2) is 4.67. The maximum Gasteiger partial charge on any atom is 0.321 e. The van der Waals surface area contributed by atoms with E-state index in [1.165, 1.54) is 25.7 Å². The van der Waals surface area contributed by atoms with Crippen LogP contribution in [-0.2, 0) is 0 Å². The van der Waals surface area contributed by atoms with Gasteiger partial charge in [-0.05, 0) is 39.5 Å². The van der Waals surface area contributed by atoms with Crippen LogP contribution in [0.2, 0.25) is 0 Å². The fourth-order valence-corrected chi connectivity index (χ4v) is 2.29. The van der Waals surface area contributed by atoms with Gasteiger partial charge in [0.15, 0.2) is 5.82 Å². The van der Waals surface area contributed by atoms with E-state index >= 15 is 0 Å². The van der Waals surface area contributed by atoms with Crippen LogP contribution in [0.4, 0.5) is 6.01 Å². The lowest BCUT2D eigenvalue weighted by Crippen LogP contribution is -2.26. The molecule has 1 aliphatic carbocycles. The fourth-order valence-electron chi connectivity index (χ4n) is 2.29. The molecule has 0 amide bonds. The molecule has 0 atom stereocenters. The Balaban J connectivity index is 1.98. The highest BCUT2D eigenvalue weighted by Gasteiger charge is 2.24. The molecule has 2 rings (SSSR count). The van der Waals surface area contributed by atoms with Gasteiger partial charge in [0.1, 0.15) is 0 Å². The van der Waals surface area contributed by atoms with Crippen molar-refractivity contribution < 1.29 is 4.52 Å². The van der Waals surface area contributed by atoms with Gasteiger partial charge in [0, 0.05) is 11.5 Å². The number of nitrogens with zero attached hydrogens (tertiary/aromatic N) is 2. The molecule has 1 aromatic heterocycles. The molecular formula is C13H23N3O. The van der Waals surface area contributed by atoms with Crippen LogP contribution in [0.1, 0.15) is 65.1 Å². The van der Waals surface area contributed by atoms with Crippen molar-refractivity contribution in [2.75, 3.05) is 5.32 Å². The van der Waals surface area contributed by atoms with Crippen LogP contribution >= 0.6 is 0 Å². The summed E-state index contributed by atoms with van der Waals surface area (Å²) in [6, 6.07) is 0.547. The van der Waals surface area contributed by atoms with Gasteiger partial charge in [-0.2, -0.15) is 4.98 Å².